The Labute approximate surface area is 161 Å². The summed E-state index contributed by atoms with van der Waals surface area (Å²) >= 11 is 9.15. The highest BCUT2D eigenvalue weighted by Crippen LogP contribution is 2.21. The van der Waals surface area contributed by atoms with Crippen LogP contribution < -0.4 is 10.0 Å². The standard InChI is InChI=1S/C17H18BrClN2O3S/c1-12(13-5-4-6-14(19)11-13)21-17(22)9-10-20-25(23,24)16-8-3-2-7-15(16)18/h2-8,11-12,20H,9-10H2,1H3,(H,21,22). The predicted octanol–water partition coefficient (Wildman–Crippen LogP) is 3.65. The summed E-state index contributed by atoms with van der Waals surface area (Å²) < 4.78 is 27.4. The fourth-order valence-electron chi connectivity index (χ4n) is 2.21. The summed E-state index contributed by atoms with van der Waals surface area (Å²) in [6, 6.07) is 13.5. The monoisotopic (exact) mass is 444 g/mol. The number of sulfonamides is 1. The van der Waals surface area contributed by atoms with Crippen LogP contribution >= 0.6 is 27.5 Å². The van der Waals surface area contributed by atoms with Crippen molar-refractivity contribution in [2.45, 2.75) is 24.3 Å². The number of hydrogen-bond acceptors (Lipinski definition) is 3. The zero-order valence-corrected chi connectivity index (χ0v) is 16.7. The smallest absolute Gasteiger partial charge is 0.241 e. The van der Waals surface area contributed by atoms with Gasteiger partial charge in [-0.15, -0.1) is 0 Å². The first-order valence-corrected chi connectivity index (χ1v) is 10.2. The molecule has 0 bridgehead atoms. The van der Waals surface area contributed by atoms with Gasteiger partial charge in [0.15, 0.2) is 0 Å². The summed E-state index contributed by atoms with van der Waals surface area (Å²) in [5, 5.41) is 3.42. The van der Waals surface area contributed by atoms with Gasteiger partial charge in [0, 0.05) is 22.5 Å². The van der Waals surface area contributed by atoms with Crippen molar-refractivity contribution in [3.05, 3.63) is 63.6 Å². The van der Waals surface area contributed by atoms with Crippen LogP contribution in [0.1, 0.15) is 24.9 Å². The first-order chi connectivity index (χ1) is 11.8. The second-order valence-corrected chi connectivity index (χ2v) is 8.45. The number of hydrogen-bond donors (Lipinski definition) is 2. The van der Waals surface area contributed by atoms with Gasteiger partial charge < -0.3 is 5.32 Å². The SMILES string of the molecule is CC(NC(=O)CCNS(=O)(=O)c1ccccc1Br)c1cccc(Cl)c1. The summed E-state index contributed by atoms with van der Waals surface area (Å²) in [5.74, 6) is -0.248. The van der Waals surface area contributed by atoms with E-state index in [2.05, 4.69) is 26.0 Å². The average Bonchev–Trinajstić information content (AvgIpc) is 2.54. The van der Waals surface area contributed by atoms with E-state index in [0.29, 0.717) is 9.50 Å². The zero-order valence-electron chi connectivity index (χ0n) is 13.5. The largest absolute Gasteiger partial charge is 0.350 e. The van der Waals surface area contributed by atoms with Crippen LogP contribution in [0.3, 0.4) is 0 Å². The van der Waals surface area contributed by atoms with Crippen molar-refractivity contribution < 1.29 is 13.2 Å². The van der Waals surface area contributed by atoms with Crippen molar-refractivity contribution in [2.75, 3.05) is 6.54 Å². The Balaban J connectivity index is 1.87. The Morgan fingerprint density at radius 2 is 1.92 bits per heavy atom. The van der Waals surface area contributed by atoms with Gasteiger partial charge in [-0.25, -0.2) is 13.1 Å². The Kier molecular flexibility index (Phi) is 7.01. The lowest BCUT2D eigenvalue weighted by Crippen LogP contribution is -2.32. The maximum absolute atomic E-state index is 12.2. The van der Waals surface area contributed by atoms with Crippen molar-refractivity contribution in [2.24, 2.45) is 0 Å². The van der Waals surface area contributed by atoms with Crippen LogP contribution in [-0.4, -0.2) is 20.9 Å². The van der Waals surface area contributed by atoms with Crippen molar-refractivity contribution >= 4 is 43.5 Å². The molecule has 5 nitrogen and oxygen atoms in total. The third kappa shape index (κ3) is 5.81. The number of amides is 1. The van der Waals surface area contributed by atoms with Crippen LogP contribution in [0, 0.1) is 0 Å². The molecule has 0 aliphatic heterocycles. The van der Waals surface area contributed by atoms with Gasteiger partial charge in [0.1, 0.15) is 0 Å². The Morgan fingerprint density at radius 3 is 2.60 bits per heavy atom. The number of nitrogens with one attached hydrogen (secondary N) is 2. The molecule has 0 saturated heterocycles. The molecule has 0 spiro atoms. The van der Waals surface area contributed by atoms with Crippen molar-refractivity contribution in [3.8, 4) is 0 Å². The third-order valence-corrected chi connectivity index (χ3v) is 6.20. The molecule has 1 unspecified atom stereocenters. The molecule has 0 radical (unpaired) electrons. The number of benzene rings is 2. The molecule has 2 N–H and O–H groups in total. The minimum absolute atomic E-state index is 0.0117. The normalized spacial score (nSPS) is 12.6. The minimum Gasteiger partial charge on any atom is -0.350 e. The summed E-state index contributed by atoms with van der Waals surface area (Å²) in [6.07, 6.45) is 0.0363. The Bertz CT molecular complexity index is 858. The van der Waals surface area contributed by atoms with Gasteiger partial charge in [-0.2, -0.15) is 0 Å². The van der Waals surface area contributed by atoms with E-state index in [4.69, 9.17) is 11.6 Å². The third-order valence-electron chi connectivity index (χ3n) is 3.50. The molecule has 0 saturated carbocycles. The van der Waals surface area contributed by atoms with E-state index in [1.54, 1.807) is 30.3 Å². The molecule has 134 valence electrons. The van der Waals surface area contributed by atoms with Gasteiger partial charge in [0.25, 0.3) is 0 Å². The van der Waals surface area contributed by atoms with Gasteiger partial charge in [-0.05, 0) is 52.7 Å². The molecule has 0 aliphatic carbocycles. The molecule has 8 heteroatoms. The van der Waals surface area contributed by atoms with E-state index in [1.165, 1.54) is 6.07 Å². The number of carbonyl (C=O) groups excluding carboxylic acids is 1. The number of carbonyl (C=O) groups is 1. The van der Waals surface area contributed by atoms with E-state index in [-0.39, 0.29) is 29.8 Å². The summed E-state index contributed by atoms with van der Waals surface area (Å²) in [7, 11) is -3.67. The van der Waals surface area contributed by atoms with E-state index in [9.17, 15) is 13.2 Å². The van der Waals surface area contributed by atoms with Gasteiger partial charge in [-0.3, -0.25) is 4.79 Å². The average molecular weight is 446 g/mol. The van der Waals surface area contributed by atoms with Crippen LogP contribution in [0.5, 0.6) is 0 Å². The van der Waals surface area contributed by atoms with Crippen LogP contribution in [0.2, 0.25) is 5.02 Å². The van der Waals surface area contributed by atoms with Gasteiger partial charge >= 0.3 is 0 Å². The van der Waals surface area contributed by atoms with Crippen LogP contribution in [-0.2, 0) is 14.8 Å². The summed E-state index contributed by atoms with van der Waals surface area (Å²) in [5.41, 5.74) is 0.884. The maximum atomic E-state index is 12.2. The summed E-state index contributed by atoms with van der Waals surface area (Å²) in [4.78, 5) is 12.2. The molecule has 1 atom stereocenters. The van der Waals surface area contributed by atoms with E-state index < -0.39 is 10.0 Å². The van der Waals surface area contributed by atoms with E-state index in [0.717, 1.165) is 5.56 Å². The Hall–Kier alpha value is -1.41. The fourth-order valence-corrected chi connectivity index (χ4v) is 4.44. The highest BCUT2D eigenvalue weighted by atomic mass is 79.9. The van der Waals surface area contributed by atoms with Crippen LogP contribution in [0.25, 0.3) is 0 Å². The topological polar surface area (TPSA) is 75.3 Å². The van der Waals surface area contributed by atoms with Gasteiger partial charge in [-0.1, -0.05) is 35.9 Å². The Morgan fingerprint density at radius 1 is 1.20 bits per heavy atom. The molecule has 2 aromatic rings. The van der Waals surface area contributed by atoms with Crippen molar-refractivity contribution in [1.82, 2.24) is 10.0 Å². The summed E-state index contributed by atoms with van der Waals surface area (Å²) in [6.45, 7) is 1.85. The molecular formula is C17H18BrClN2O3S. The molecule has 25 heavy (non-hydrogen) atoms. The highest BCUT2D eigenvalue weighted by molar-refractivity contribution is 9.10. The first-order valence-electron chi connectivity index (χ1n) is 7.58. The lowest BCUT2D eigenvalue weighted by atomic mass is 10.1. The molecule has 0 aliphatic rings. The van der Waals surface area contributed by atoms with E-state index >= 15 is 0 Å². The lowest BCUT2D eigenvalue weighted by molar-refractivity contribution is -0.121. The van der Waals surface area contributed by atoms with Crippen molar-refractivity contribution in [3.63, 3.8) is 0 Å². The number of rotatable bonds is 7. The molecule has 0 fully saturated rings. The molecule has 1 amide bonds. The van der Waals surface area contributed by atoms with Crippen molar-refractivity contribution in [1.29, 1.82) is 0 Å². The number of halogens is 2. The molecule has 2 rings (SSSR count). The zero-order chi connectivity index (χ0) is 18.4. The predicted molar refractivity (Wildman–Crippen MR) is 102 cm³/mol. The molecule has 0 heterocycles. The van der Waals surface area contributed by atoms with E-state index in [1.807, 2.05) is 19.1 Å². The molecule has 0 aromatic heterocycles. The second kappa shape index (κ2) is 8.80. The van der Waals surface area contributed by atoms with Gasteiger partial charge in [0.05, 0.1) is 10.9 Å². The maximum Gasteiger partial charge on any atom is 0.241 e. The van der Waals surface area contributed by atoms with Crippen LogP contribution in [0.4, 0.5) is 0 Å². The fraction of sp³-hybridized carbons (Fsp3) is 0.235. The minimum atomic E-state index is -3.67. The second-order valence-electron chi connectivity index (χ2n) is 5.42. The first kappa shape index (κ1) is 19.9. The quantitative estimate of drug-likeness (QED) is 0.683. The lowest BCUT2D eigenvalue weighted by Gasteiger charge is -2.15. The highest BCUT2D eigenvalue weighted by Gasteiger charge is 2.17. The van der Waals surface area contributed by atoms with Gasteiger partial charge in [0.2, 0.25) is 15.9 Å². The van der Waals surface area contributed by atoms with Crippen LogP contribution in [0.15, 0.2) is 57.9 Å². The molecule has 2 aromatic carbocycles. The molecular weight excluding hydrogens is 428 g/mol.